The molecule has 1 amide bonds. The van der Waals surface area contributed by atoms with Crippen molar-refractivity contribution in [2.75, 3.05) is 6.61 Å². The molecule has 0 atom stereocenters. The summed E-state index contributed by atoms with van der Waals surface area (Å²) in [5.41, 5.74) is 4.14. The normalized spacial score (nSPS) is 11.5. The van der Waals surface area contributed by atoms with Gasteiger partial charge in [0, 0.05) is 5.02 Å². The van der Waals surface area contributed by atoms with Crippen LogP contribution in [0.25, 0.3) is 6.08 Å². The number of hydrogen-bond acceptors (Lipinski definition) is 3. The second-order valence-corrected chi connectivity index (χ2v) is 5.74. The predicted octanol–water partition coefficient (Wildman–Crippen LogP) is 4.58. The maximum absolute atomic E-state index is 11.7. The van der Waals surface area contributed by atoms with Crippen molar-refractivity contribution in [3.05, 3.63) is 70.2 Å². The number of nitrogens with zero attached hydrogens (tertiary/aromatic N) is 1. The molecule has 0 aromatic heterocycles. The van der Waals surface area contributed by atoms with Crippen LogP contribution in [0.5, 0.6) is 5.75 Å². The van der Waals surface area contributed by atoms with Gasteiger partial charge in [0.05, 0.1) is 10.7 Å². The van der Waals surface area contributed by atoms with E-state index in [1.807, 2.05) is 42.5 Å². The van der Waals surface area contributed by atoms with Gasteiger partial charge in [-0.15, -0.1) is 0 Å². The summed E-state index contributed by atoms with van der Waals surface area (Å²) in [4.78, 5) is 11.7. The highest BCUT2D eigenvalue weighted by molar-refractivity contribution is 6.35. The smallest absolute Gasteiger partial charge is 0.277 e. The van der Waals surface area contributed by atoms with E-state index in [4.69, 9.17) is 27.9 Å². The van der Waals surface area contributed by atoms with Crippen molar-refractivity contribution in [3.63, 3.8) is 0 Å². The Hall–Kier alpha value is -2.30. The maximum atomic E-state index is 11.7. The number of ether oxygens (including phenoxy) is 1. The summed E-state index contributed by atoms with van der Waals surface area (Å²) in [5.74, 6) is 0.00868. The van der Waals surface area contributed by atoms with Crippen LogP contribution in [0.15, 0.2) is 59.7 Å². The zero-order valence-electron chi connectivity index (χ0n) is 13.0. The van der Waals surface area contributed by atoms with Crippen LogP contribution < -0.4 is 10.2 Å². The van der Waals surface area contributed by atoms with Crippen LogP contribution in [-0.4, -0.2) is 18.2 Å². The monoisotopic (exact) mass is 362 g/mol. The number of benzene rings is 2. The molecule has 0 saturated heterocycles. The lowest BCUT2D eigenvalue weighted by atomic mass is 10.2. The van der Waals surface area contributed by atoms with E-state index in [0.29, 0.717) is 21.5 Å². The van der Waals surface area contributed by atoms with Gasteiger partial charge < -0.3 is 4.74 Å². The van der Waals surface area contributed by atoms with Crippen molar-refractivity contribution >= 4 is 40.9 Å². The Morgan fingerprint density at radius 3 is 2.67 bits per heavy atom. The molecule has 1 N–H and O–H groups in total. The van der Waals surface area contributed by atoms with Gasteiger partial charge in [0.1, 0.15) is 5.75 Å². The first-order chi connectivity index (χ1) is 11.5. The fraction of sp³-hybridized carbons (Fsp3) is 0.111. The van der Waals surface area contributed by atoms with Gasteiger partial charge in [-0.2, -0.15) is 5.10 Å². The molecule has 0 saturated carbocycles. The minimum absolute atomic E-state index is 0.194. The van der Waals surface area contributed by atoms with Gasteiger partial charge in [-0.3, -0.25) is 4.79 Å². The van der Waals surface area contributed by atoms with Crippen molar-refractivity contribution in [3.8, 4) is 5.75 Å². The van der Waals surface area contributed by atoms with E-state index >= 15 is 0 Å². The number of halogens is 2. The molecule has 0 radical (unpaired) electrons. The van der Waals surface area contributed by atoms with Crippen molar-refractivity contribution in [1.29, 1.82) is 0 Å². The lowest BCUT2D eigenvalue weighted by Crippen LogP contribution is -2.25. The van der Waals surface area contributed by atoms with Crippen molar-refractivity contribution in [1.82, 2.24) is 5.43 Å². The number of nitrogens with one attached hydrogen (secondary N) is 1. The first kappa shape index (κ1) is 18.0. The van der Waals surface area contributed by atoms with Gasteiger partial charge in [-0.05, 0) is 36.8 Å². The fourth-order valence-corrected chi connectivity index (χ4v) is 2.20. The van der Waals surface area contributed by atoms with Gasteiger partial charge in [0.15, 0.2) is 6.61 Å². The third kappa shape index (κ3) is 6.07. The Bertz CT molecular complexity index is 759. The summed E-state index contributed by atoms with van der Waals surface area (Å²) in [6.07, 6.45) is 3.72. The number of carbonyl (C=O) groups is 1. The largest absolute Gasteiger partial charge is 0.482 e. The molecule has 0 aliphatic rings. The lowest BCUT2D eigenvalue weighted by Gasteiger charge is -2.07. The highest BCUT2D eigenvalue weighted by Crippen LogP contribution is 2.27. The van der Waals surface area contributed by atoms with E-state index in [2.05, 4.69) is 10.5 Å². The maximum Gasteiger partial charge on any atom is 0.277 e. The molecule has 24 heavy (non-hydrogen) atoms. The van der Waals surface area contributed by atoms with E-state index in [0.717, 1.165) is 5.56 Å². The van der Waals surface area contributed by atoms with Crippen LogP contribution in [0.4, 0.5) is 0 Å². The Labute approximate surface area is 150 Å². The van der Waals surface area contributed by atoms with Gasteiger partial charge in [0.25, 0.3) is 5.91 Å². The standard InChI is InChI=1S/C18H16Cl2N2O2/c1-13(7-8-14-5-3-2-4-6-14)21-22-18(23)12-24-17-10-9-15(19)11-16(17)20/h2-11H,12H2,1H3,(H,22,23)/b8-7-,21-13+. The number of carbonyl (C=O) groups excluding carboxylic acids is 1. The molecule has 2 aromatic rings. The first-order valence-electron chi connectivity index (χ1n) is 7.19. The number of hydrogen-bond donors (Lipinski definition) is 1. The van der Waals surface area contributed by atoms with E-state index in [-0.39, 0.29) is 12.5 Å². The Morgan fingerprint density at radius 2 is 1.96 bits per heavy atom. The summed E-state index contributed by atoms with van der Waals surface area (Å²) in [5, 5.41) is 4.83. The molecule has 4 nitrogen and oxygen atoms in total. The SMILES string of the molecule is CC(/C=C\c1ccccc1)=N\NC(=O)COc1ccc(Cl)cc1Cl. The molecular weight excluding hydrogens is 347 g/mol. The minimum atomic E-state index is -0.381. The van der Waals surface area contributed by atoms with E-state index < -0.39 is 0 Å². The van der Waals surface area contributed by atoms with E-state index in [1.54, 1.807) is 25.1 Å². The molecule has 0 heterocycles. The van der Waals surface area contributed by atoms with E-state index in [1.165, 1.54) is 0 Å². The second kappa shape index (κ2) is 9.11. The third-order valence-corrected chi connectivity index (χ3v) is 3.46. The molecular formula is C18H16Cl2N2O2. The molecule has 0 aliphatic carbocycles. The van der Waals surface area contributed by atoms with Crippen molar-refractivity contribution in [2.24, 2.45) is 5.10 Å². The van der Waals surface area contributed by atoms with Crippen LogP contribution in [0.2, 0.25) is 10.0 Å². The molecule has 0 fully saturated rings. The highest BCUT2D eigenvalue weighted by Gasteiger charge is 2.05. The van der Waals surface area contributed by atoms with Gasteiger partial charge in [-0.25, -0.2) is 5.43 Å². The minimum Gasteiger partial charge on any atom is -0.482 e. The Kier molecular flexibility index (Phi) is 6.85. The van der Waals surface area contributed by atoms with Crippen LogP contribution in [0.3, 0.4) is 0 Å². The van der Waals surface area contributed by atoms with Gasteiger partial charge in [0.2, 0.25) is 0 Å². The number of rotatable bonds is 6. The first-order valence-corrected chi connectivity index (χ1v) is 7.94. The zero-order chi connectivity index (χ0) is 17.4. The molecule has 0 bridgehead atoms. The van der Waals surface area contributed by atoms with Crippen LogP contribution >= 0.6 is 23.2 Å². The second-order valence-electron chi connectivity index (χ2n) is 4.90. The summed E-state index contributed by atoms with van der Waals surface area (Å²) in [7, 11) is 0. The molecule has 0 unspecified atom stereocenters. The molecule has 2 rings (SSSR count). The Balaban J connectivity index is 1.82. The summed E-state index contributed by atoms with van der Waals surface area (Å²) < 4.78 is 5.33. The number of amides is 1. The topological polar surface area (TPSA) is 50.7 Å². The molecule has 0 spiro atoms. The fourth-order valence-electron chi connectivity index (χ4n) is 1.74. The molecule has 6 heteroatoms. The van der Waals surface area contributed by atoms with Crippen LogP contribution in [0.1, 0.15) is 12.5 Å². The highest BCUT2D eigenvalue weighted by atomic mass is 35.5. The van der Waals surface area contributed by atoms with Gasteiger partial charge in [-0.1, -0.05) is 59.6 Å². The van der Waals surface area contributed by atoms with Crippen LogP contribution in [-0.2, 0) is 4.79 Å². The number of hydrazone groups is 1. The molecule has 2 aromatic carbocycles. The average Bonchev–Trinajstić information content (AvgIpc) is 2.58. The van der Waals surface area contributed by atoms with Crippen molar-refractivity contribution in [2.45, 2.75) is 6.92 Å². The summed E-state index contributed by atoms with van der Waals surface area (Å²) >= 11 is 11.8. The van der Waals surface area contributed by atoms with Crippen molar-refractivity contribution < 1.29 is 9.53 Å². The Morgan fingerprint density at radius 1 is 1.21 bits per heavy atom. The average molecular weight is 363 g/mol. The van der Waals surface area contributed by atoms with Gasteiger partial charge >= 0.3 is 0 Å². The molecule has 0 aliphatic heterocycles. The zero-order valence-corrected chi connectivity index (χ0v) is 14.5. The molecule has 124 valence electrons. The van der Waals surface area contributed by atoms with Crippen LogP contribution in [0, 0.1) is 0 Å². The number of allylic oxidation sites excluding steroid dienone is 1. The van der Waals surface area contributed by atoms with E-state index in [9.17, 15) is 4.79 Å². The summed E-state index contributed by atoms with van der Waals surface area (Å²) in [6, 6.07) is 14.6. The third-order valence-electron chi connectivity index (χ3n) is 2.93. The lowest BCUT2D eigenvalue weighted by molar-refractivity contribution is -0.123. The predicted molar refractivity (Wildman–Crippen MR) is 98.7 cm³/mol. The quantitative estimate of drug-likeness (QED) is 0.603. The summed E-state index contributed by atoms with van der Waals surface area (Å²) in [6.45, 7) is 1.59.